The normalized spacial score (nSPS) is 10.6. The monoisotopic (exact) mass is 257 g/mol. The van der Waals surface area contributed by atoms with Gasteiger partial charge in [-0.25, -0.2) is 9.97 Å². The number of benzene rings is 1. The highest BCUT2D eigenvalue weighted by atomic mass is 16.5. The van der Waals surface area contributed by atoms with E-state index in [2.05, 4.69) is 16.9 Å². The molecule has 0 radical (unpaired) electrons. The van der Waals surface area contributed by atoms with Crippen molar-refractivity contribution in [2.75, 3.05) is 12.8 Å². The molecule has 0 saturated heterocycles. The van der Waals surface area contributed by atoms with Crippen molar-refractivity contribution >= 4 is 5.82 Å². The van der Waals surface area contributed by atoms with Gasteiger partial charge in [-0.05, 0) is 12.0 Å². The number of methoxy groups -OCH3 is 1. The van der Waals surface area contributed by atoms with Gasteiger partial charge in [-0.15, -0.1) is 0 Å². The van der Waals surface area contributed by atoms with Crippen LogP contribution in [0.2, 0.25) is 0 Å². The molecule has 1 heterocycles. The van der Waals surface area contributed by atoms with Crippen molar-refractivity contribution < 1.29 is 4.74 Å². The molecule has 0 spiro atoms. The highest BCUT2D eigenvalue weighted by Crippen LogP contribution is 2.22. The van der Waals surface area contributed by atoms with E-state index in [1.54, 1.807) is 7.11 Å². The van der Waals surface area contributed by atoms with Gasteiger partial charge in [0, 0.05) is 24.4 Å². The minimum absolute atomic E-state index is 0.515. The summed E-state index contributed by atoms with van der Waals surface area (Å²) in [6, 6.07) is 9.81. The van der Waals surface area contributed by atoms with Crippen LogP contribution in [0.1, 0.15) is 24.6 Å². The predicted molar refractivity (Wildman–Crippen MR) is 76.6 cm³/mol. The van der Waals surface area contributed by atoms with Crippen molar-refractivity contribution in [1.82, 2.24) is 9.97 Å². The fraction of sp³-hybridized carbons (Fsp3) is 0.333. The summed E-state index contributed by atoms with van der Waals surface area (Å²) in [6.07, 6.45) is 1.95. The maximum Gasteiger partial charge on any atom is 0.162 e. The van der Waals surface area contributed by atoms with E-state index >= 15 is 0 Å². The Balaban J connectivity index is 2.46. The number of anilines is 1. The van der Waals surface area contributed by atoms with Crippen LogP contribution in [0.25, 0.3) is 11.4 Å². The lowest BCUT2D eigenvalue weighted by molar-refractivity contribution is 0.185. The van der Waals surface area contributed by atoms with E-state index in [4.69, 9.17) is 10.5 Å². The van der Waals surface area contributed by atoms with Gasteiger partial charge in [0.1, 0.15) is 5.82 Å². The minimum atomic E-state index is 0.515. The largest absolute Gasteiger partial charge is 0.384 e. The zero-order chi connectivity index (χ0) is 13.7. The Kier molecular flexibility index (Phi) is 4.47. The van der Waals surface area contributed by atoms with Crippen LogP contribution in [0.15, 0.2) is 30.3 Å². The number of aromatic nitrogens is 2. The summed E-state index contributed by atoms with van der Waals surface area (Å²) in [7, 11) is 1.68. The van der Waals surface area contributed by atoms with E-state index < -0.39 is 0 Å². The van der Waals surface area contributed by atoms with E-state index in [0.29, 0.717) is 18.2 Å². The van der Waals surface area contributed by atoms with Crippen molar-refractivity contribution in [3.63, 3.8) is 0 Å². The summed E-state index contributed by atoms with van der Waals surface area (Å²) in [5.74, 6) is 1.19. The van der Waals surface area contributed by atoms with Crippen molar-refractivity contribution in [2.45, 2.75) is 26.4 Å². The molecule has 19 heavy (non-hydrogen) atoms. The van der Waals surface area contributed by atoms with Crippen molar-refractivity contribution in [3.8, 4) is 11.4 Å². The second-order valence-electron chi connectivity index (χ2n) is 4.45. The molecule has 2 N–H and O–H groups in total. The summed E-state index contributed by atoms with van der Waals surface area (Å²) in [6.45, 7) is 2.66. The molecule has 4 nitrogen and oxygen atoms in total. The summed E-state index contributed by atoms with van der Waals surface area (Å²) >= 11 is 0. The van der Waals surface area contributed by atoms with Gasteiger partial charge in [-0.1, -0.05) is 37.6 Å². The Bertz CT molecular complexity index is 555. The molecule has 1 aromatic heterocycles. The smallest absolute Gasteiger partial charge is 0.162 e. The highest BCUT2D eigenvalue weighted by molar-refractivity contribution is 5.61. The first-order valence-corrected chi connectivity index (χ1v) is 6.45. The minimum Gasteiger partial charge on any atom is -0.384 e. The van der Waals surface area contributed by atoms with Crippen LogP contribution < -0.4 is 5.73 Å². The molecular formula is C15H19N3O. The molecule has 0 aliphatic heterocycles. The fourth-order valence-corrected chi connectivity index (χ4v) is 2.04. The third-order valence-electron chi connectivity index (χ3n) is 2.86. The van der Waals surface area contributed by atoms with E-state index in [-0.39, 0.29) is 0 Å². The molecule has 0 fully saturated rings. The Morgan fingerprint density at radius 3 is 2.74 bits per heavy atom. The van der Waals surface area contributed by atoms with Gasteiger partial charge in [-0.3, -0.25) is 0 Å². The molecule has 2 rings (SSSR count). The lowest BCUT2D eigenvalue weighted by atomic mass is 10.1. The van der Waals surface area contributed by atoms with Gasteiger partial charge in [0.05, 0.1) is 6.61 Å². The number of nitrogens with zero attached hydrogens (tertiary/aromatic N) is 2. The average molecular weight is 257 g/mol. The average Bonchev–Trinajstić information content (AvgIpc) is 2.39. The first-order chi connectivity index (χ1) is 9.24. The number of aryl methyl sites for hydroxylation is 1. The van der Waals surface area contributed by atoms with Crippen LogP contribution in [0.5, 0.6) is 0 Å². The molecule has 0 aliphatic rings. The number of hydrogen-bond acceptors (Lipinski definition) is 4. The van der Waals surface area contributed by atoms with Crippen LogP contribution in [0.3, 0.4) is 0 Å². The summed E-state index contributed by atoms with van der Waals surface area (Å²) < 4.78 is 5.21. The Morgan fingerprint density at radius 1 is 1.21 bits per heavy atom. The topological polar surface area (TPSA) is 61.0 Å². The number of nitrogens with two attached hydrogens (primary N) is 1. The fourth-order valence-electron chi connectivity index (χ4n) is 2.04. The lowest BCUT2D eigenvalue weighted by Gasteiger charge is -2.09. The predicted octanol–water partition coefficient (Wildman–Crippen LogP) is 2.82. The molecule has 1 aromatic carbocycles. The number of rotatable bonds is 5. The number of ether oxygens (including phenoxy) is 1. The SMILES string of the molecule is CCCc1cc(N)nc(-c2ccccc2COC)n1. The summed E-state index contributed by atoms with van der Waals surface area (Å²) in [5, 5.41) is 0. The maximum atomic E-state index is 5.87. The van der Waals surface area contributed by atoms with Gasteiger partial charge in [-0.2, -0.15) is 0 Å². The first-order valence-electron chi connectivity index (χ1n) is 6.45. The molecule has 0 saturated carbocycles. The van der Waals surface area contributed by atoms with Crippen molar-refractivity contribution in [2.24, 2.45) is 0 Å². The van der Waals surface area contributed by atoms with Gasteiger partial charge in [0.25, 0.3) is 0 Å². The Hall–Kier alpha value is -1.94. The Labute approximate surface area is 113 Å². The van der Waals surface area contributed by atoms with E-state index in [1.807, 2.05) is 30.3 Å². The standard InChI is InChI=1S/C15H19N3O/c1-3-6-12-9-14(16)18-15(17-12)13-8-5-4-7-11(13)10-19-2/h4-5,7-9H,3,6,10H2,1-2H3,(H2,16,17,18). The van der Waals surface area contributed by atoms with Gasteiger partial charge < -0.3 is 10.5 Å². The summed E-state index contributed by atoms with van der Waals surface area (Å²) in [4.78, 5) is 8.93. The molecule has 0 bridgehead atoms. The van der Waals surface area contributed by atoms with Gasteiger partial charge >= 0.3 is 0 Å². The number of hydrogen-bond donors (Lipinski definition) is 1. The van der Waals surface area contributed by atoms with Crippen LogP contribution in [0.4, 0.5) is 5.82 Å². The number of nitrogen functional groups attached to an aromatic ring is 1. The van der Waals surface area contributed by atoms with Crippen molar-refractivity contribution in [1.29, 1.82) is 0 Å². The second kappa shape index (κ2) is 6.29. The molecule has 4 heteroatoms. The van der Waals surface area contributed by atoms with E-state index in [0.717, 1.165) is 29.7 Å². The summed E-state index contributed by atoms with van der Waals surface area (Å²) in [5.41, 5.74) is 8.90. The van der Waals surface area contributed by atoms with Gasteiger partial charge in [0.2, 0.25) is 0 Å². The van der Waals surface area contributed by atoms with E-state index in [9.17, 15) is 0 Å². The van der Waals surface area contributed by atoms with Crippen LogP contribution >= 0.6 is 0 Å². The Morgan fingerprint density at radius 2 is 2.00 bits per heavy atom. The molecular weight excluding hydrogens is 238 g/mol. The quantitative estimate of drug-likeness (QED) is 0.894. The van der Waals surface area contributed by atoms with Crippen LogP contribution in [-0.2, 0) is 17.8 Å². The molecule has 0 aliphatic carbocycles. The molecule has 0 unspecified atom stereocenters. The van der Waals surface area contributed by atoms with Crippen LogP contribution in [0, 0.1) is 0 Å². The zero-order valence-corrected chi connectivity index (χ0v) is 11.4. The highest BCUT2D eigenvalue weighted by Gasteiger charge is 2.09. The van der Waals surface area contributed by atoms with E-state index in [1.165, 1.54) is 0 Å². The first kappa shape index (κ1) is 13.5. The molecule has 100 valence electrons. The van der Waals surface area contributed by atoms with Crippen LogP contribution in [-0.4, -0.2) is 17.1 Å². The zero-order valence-electron chi connectivity index (χ0n) is 11.4. The van der Waals surface area contributed by atoms with Gasteiger partial charge in [0.15, 0.2) is 5.82 Å². The lowest BCUT2D eigenvalue weighted by Crippen LogP contribution is -2.02. The third-order valence-corrected chi connectivity index (χ3v) is 2.86. The second-order valence-corrected chi connectivity index (χ2v) is 4.45. The maximum absolute atomic E-state index is 5.87. The molecule has 0 amide bonds. The van der Waals surface area contributed by atoms with Crippen molar-refractivity contribution in [3.05, 3.63) is 41.6 Å². The third kappa shape index (κ3) is 3.29. The molecule has 0 atom stereocenters. The molecule has 2 aromatic rings.